The van der Waals surface area contributed by atoms with E-state index in [1.165, 1.54) is 51.4 Å². The zero-order chi connectivity index (χ0) is 15.5. The molecule has 2 bridgehead atoms. The van der Waals surface area contributed by atoms with E-state index < -0.39 is 0 Å². The van der Waals surface area contributed by atoms with Crippen molar-refractivity contribution in [3.63, 3.8) is 0 Å². The van der Waals surface area contributed by atoms with E-state index in [1.54, 1.807) is 0 Å². The fourth-order valence-electron chi connectivity index (χ4n) is 3.46. The zero-order valence-electron chi connectivity index (χ0n) is 13.9. The molecular weight excluding hydrogens is 268 g/mol. The van der Waals surface area contributed by atoms with Crippen LogP contribution < -0.4 is 0 Å². The lowest BCUT2D eigenvalue weighted by molar-refractivity contribution is -0.113. The quantitative estimate of drug-likeness (QED) is 0.322. The first-order valence-corrected chi connectivity index (χ1v) is 9.18. The van der Waals surface area contributed by atoms with Gasteiger partial charge in [0.25, 0.3) is 0 Å². The topological polar surface area (TPSA) is 17.1 Å². The molecule has 0 fully saturated rings. The molecule has 0 saturated heterocycles. The smallest absolute Gasteiger partial charge is 0.205 e. The number of ketones is 1. The summed E-state index contributed by atoms with van der Waals surface area (Å²) in [7, 11) is 0. The van der Waals surface area contributed by atoms with Gasteiger partial charge in [-0.15, -0.1) is 0 Å². The molecule has 22 heavy (non-hydrogen) atoms. The standard InChI is InChI=1S/C21H30O/c22-21-16-9-7-5-3-1-2-4-6-8-12-19-13-10-14-20(18-19)15-11-17-21/h3,5,10,14,19-20H,1-2,4,6-9,12-13,15-16,18H2/b5-3-. The van der Waals surface area contributed by atoms with Crippen LogP contribution in [0.25, 0.3) is 0 Å². The van der Waals surface area contributed by atoms with E-state index in [-0.39, 0.29) is 5.78 Å². The average Bonchev–Trinajstić information content (AvgIpc) is 2.52. The van der Waals surface area contributed by atoms with E-state index in [2.05, 4.69) is 36.1 Å². The van der Waals surface area contributed by atoms with Crippen molar-refractivity contribution in [3.8, 4) is 11.8 Å². The first kappa shape index (κ1) is 17.1. The number of hydrogen-bond donors (Lipinski definition) is 0. The molecule has 2 atom stereocenters. The van der Waals surface area contributed by atoms with E-state index in [0.29, 0.717) is 12.3 Å². The molecule has 0 aromatic heterocycles. The predicted octanol–water partition coefficient (Wildman–Crippen LogP) is 5.61. The average molecular weight is 298 g/mol. The molecule has 0 heterocycles. The molecular formula is C21H30O. The Hall–Kier alpha value is -1.29. The summed E-state index contributed by atoms with van der Waals surface area (Å²) < 4.78 is 0. The SMILES string of the molecule is O=C1C#CCC2C=CCC(CCCCCC/C=C\CCC1)C2. The number of carbonyl (C=O) groups excluding carboxylic acids is 1. The van der Waals surface area contributed by atoms with Crippen molar-refractivity contribution in [1.82, 2.24) is 0 Å². The lowest BCUT2D eigenvalue weighted by atomic mass is 9.82. The van der Waals surface area contributed by atoms with Crippen LogP contribution in [0.3, 0.4) is 0 Å². The summed E-state index contributed by atoms with van der Waals surface area (Å²) in [5.74, 6) is 7.50. The molecule has 0 aromatic carbocycles. The molecule has 0 spiro atoms. The van der Waals surface area contributed by atoms with E-state index >= 15 is 0 Å². The molecule has 2 rings (SSSR count). The maximum Gasteiger partial charge on any atom is 0.205 e. The molecule has 0 aromatic rings. The van der Waals surface area contributed by atoms with Crippen LogP contribution in [0.4, 0.5) is 0 Å². The number of allylic oxidation sites excluding steroid dienone is 4. The minimum atomic E-state index is 0.117. The van der Waals surface area contributed by atoms with Gasteiger partial charge in [-0.3, -0.25) is 4.79 Å². The fraction of sp³-hybridized carbons (Fsp3) is 0.667. The first-order chi connectivity index (χ1) is 10.8. The predicted molar refractivity (Wildman–Crippen MR) is 93.4 cm³/mol. The van der Waals surface area contributed by atoms with Crippen LogP contribution in [-0.4, -0.2) is 5.78 Å². The Morgan fingerprint density at radius 1 is 0.955 bits per heavy atom. The van der Waals surface area contributed by atoms with E-state index in [1.807, 2.05) is 0 Å². The van der Waals surface area contributed by atoms with Gasteiger partial charge in [0.15, 0.2) is 0 Å². The van der Waals surface area contributed by atoms with Gasteiger partial charge in [0, 0.05) is 12.8 Å². The Bertz CT molecular complexity index is 446. The number of hydrogen-bond acceptors (Lipinski definition) is 1. The monoisotopic (exact) mass is 298 g/mol. The number of carbonyl (C=O) groups is 1. The molecule has 2 unspecified atom stereocenters. The second-order valence-corrected chi connectivity index (χ2v) is 6.81. The van der Waals surface area contributed by atoms with Crippen LogP contribution in [0.2, 0.25) is 0 Å². The third-order valence-corrected chi connectivity index (χ3v) is 4.78. The van der Waals surface area contributed by atoms with Gasteiger partial charge in [-0.25, -0.2) is 0 Å². The van der Waals surface area contributed by atoms with Crippen molar-refractivity contribution in [2.75, 3.05) is 0 Å². The highest BCUT2D eigenvalue weighted by atomic mass is 16.1. The Kier molecular flexibility index (Phi) is 8.10. The third kappa shape index (κ3) is 7.12. The van der Waals surface area contributed by atoms with Gasteiger partial charge in [0.2, 0.25) is 5.78 Å². The lowest BCUT2D eigenvalue weighted by Crippen LogP contribution is -2.11. The number of rotatable bonds is 0. The molecule has 2 aliphatic carbocycles. The van der Waals surface area contributed by atoms with Crippen molar-refractivity contribution >= 4 is 5.78 Å². The van der Waals surface area contributed by atoms with E-state index in [4.69, 9.17) is 0 Å². The summed E-state index contributed by atoms with van der Waals surface area (Å²) >= 11 is 0. The Morgan fingerprint density at radius 2 is 1.77 bits per heavy atom. The minimum absolute atomic E-state index is 0.117. The molecule has 0 aliphatic heterocycles. The zero-order valence-corrected chi connectivity index (χ0v) is 13.9. The summed E-state index contributed by atoms with van der Waals surface area (Å²) in [5.41, 5.74) is 0. The molecule has 0 saturated carbocycles. The van der Waals surface area contributed by atoms with Gasteiger partial charge in [-0.2, -0.15) is 0 Å². The molecule has 0 amide bonds. The van der Waals surface area contributed by atoms with Gasteiger partial charge in [-0.1, -0.05) is 55.9 Å². The largest absolute Gasteiger partial charge is 0.285 e. The normalized spacial score (nSPS) is 29.7. The van der Waals surface area contributed by atoms with Crippen LogP contribution in [0.15, 0.2) is 24.3 Å². The highest BCUT2D eigenvalue weighted by molar-refractivity contribution is 5.95. The van der Waals surface area contributed by atoms with E-state index in [0.717, 1.165) is 25.2 Å². The van der Waals surface area contributed by atoms with Gasteiger partial charge >= 0.3 is 0 Å². The van der Waals surface area contributed by atoms with Crippen molar-refractivity contribution in [2.24, 2.45) is 11.8 Å². The van der Waals surface area contributed by atoms with Gasteiger partial charge < -0.3 is 0 Å². The highest BCUT2D eigenvalue weighted by Crippen LogP contribution is 2.29. The van der Waals surface area contributed by atoms with Crippen LogP contribution >= 0.6 is 0 Å². The van der Waals surface area contributed by atoms with Crippen LogP contribution in [0.5, 0.6) is 0 Å². The summed E-state index contributed by atoms with van der Waals surface area (Å²) in [6, 6.07) is 0. The number of fused-ring (bicyclic) bond motifs is 2. The second kappa shape index (κ2) is 10.4. The second-order valence-electron chi connectivity index (χ2n) is 6.81. The summed E-state index contributed by atoms with van der Waals surface area (Å²) in [4.78, 5) is 11.7. The van der Waals surface area contributed by atoms with Crippen molar-refractivity contribution < 1.29 is 4.79 Å². The molecule has 0 N–H and O–H groups in total. The first-order valence-electron chi connectivity index (χ1n) is 9.18. The minimum Gasteiger partial charge on any atom is -0.285 e. The van der Waals surface area contributed by atoms with Gasteiger partial charge in [0.1, 0.15) is 0 Å². The summed E-state index contributed by atoms with van der Waals surface area (Å²) in [5, 5.41) is 0. The molecule has 0 radical (unpaired) electrons. The van der Waals surface area contributed by atoms with Crippen LogP contribution in [0.1, 0.15) is 77.0 Å². The van der Waals surface area contributed by atoms with Gasteiger partial charge in [0.05, 0.1) is 0 Å². The Morgan fingerprint density at radius 3 is 2.68 bits per heavy atom. The van der Waals surface area contributed by atoms with Crippen LogP contribution in [0, 0.1) is 23.7 Å². The van der Waals surface area contributed by atoms with Gasteiger partial charge in [-0.05, 0) is 56.3 Å². The van der Waals surface area contributed by atoms with Crippen molar-refractivity contribution in [1.29, 1.82) is 0 Å². The molecule has 1 heteroatoms. The van der Waals surface area contributed by atoms with Crippen molar-refractivity contribution in [2.45, 2.75) is 77.0 Å². The summed E-state index contributed by atoms with van der Waals surface area (Å²) in [6.07, 6.45) is 23.1. The maximum absolute atomic E-state index is 11.7. The van der Waals surface area contributed by atoms with Crippen molar-refractivity contribution in [3.05, 3.63) is 24.3 Å². The summed E-state index contributed by atoms with van der Waals surface area (Å²) in [6.45, 7) is 0. The fourth-order valence-corrected chi connectivity index (χ4v) is 3.46. The molecule has 120 valence electrons. The lowest BCUT2D eigenvalue weighted by Gasteiger charge is -2.23. The maximum atomic E-state index is 11.7. The number of Topliss-reactive ketones (excluding diaryl/α,β-unsaturated/α-hetero) is 1. The third-order valence-electron chi connectivity index (χ3n) is 4.78. The molecule has 1 nitrogen and oxygen atoms in total. The Balaban J connectivity index is 1.86. The molecule has 2 aliphatic rings. The van der Waals surface area contributed by atoms with E-state index in [9.17, 15) is 4.79 Å². The highest BCUT2D eigenvalue weighted by Gasteiger charge is 2.16. The van der Waals surface area contributed by atoms with Crippen LogP contribution in [-0.2, 0) is 4.79 Å². The Labute approximate surface area is 136 Å².